The van der Waals surface area contributed by atoms with Crippen molar-refractivity contribution >= 4 is 0 Å². The summed E-state index contributed by atoms with van der Waals surface area (Å²) in [5, 5.41) is 0. The van der Waals surface area contributed by atoms with Crippen molar-refractivity contribution in [2.75, 3.05) is 26.4 Å². The summed E-state index contributed by atoms with van der Waals surface area (Å²) in [6.07, 6.45) is 0.337. The van der Waals surface area contributed by atoms with Gasteiger partial charge in [-0.05, 0) is 18.6 Å². The van der Waals surface area contributed by atoms with Gasteiger partial charge in [-0.15, -0.1) is 0 Å². The van der Waals surface area contributed by atoms with Crippen LogP contribution in [0.3, 0.4) is 0 Å². The average molecular weight is 208 g/mol. The lowest BCUT2D eigenvalue weighted by Gasteiger charge is -2.08. The number of epoxide rings is 1. The number of rotatable bonds is 6. The molecule has 0 amide bonds. The van der Waals surface area contributed by atoms with Gasteiger partial charge in [-0.3, -0.25) is 0 Å². The summed E-state index contributed by atoms with van der Waals surface area (Å²) in [6, 6.07) is 7.98. The maximum atomic E-state index is 5.57. The van der Waals surface area contributed by atoms with Gasteiger partial charge in [0.05, 0.1) is 19.8 Å². The summed E-state index contributed by atoms with van der Waals surface area (Å²) in [4.78, 5) is 0. The monoisotopic (exact) mass is 208 g/mol. The fraction of sp³-hybridized carbons (Fsp3) is 0.500. The van der Waals surface area contributed by atoms with Crippen molar-refractivity contribution in [2.24, 2.45) is 0 Å². The van der Waals surface area contributed by atoms with Crippen molar-refractivity contribution in [1.29, 1.82) is 0 Å². The molecule has 1 aliphatic heterocycles. The van der Waals surface area contributed by atoms with Crippen LogP contribution in [0.1, 0.15) is 5.56 Å². The molecule has 3 nitrogen and oxygen atoms in total. The maximum Gasteiger partial charge on any atom is 0.122 e. The number of hydrogen-bond acceptors (Lipinski definition) is 3. The molecule has 1 unspecified atom stereocenters. The summed E-state index contributed by atoms with van der Waals surface area (Å²) in [6.45, 7) is 4.79. The first-order valence-corrected chi connectivity index (χ1v) is 5.24. The third-order valence-corrected chi connectivity index (χ3v) is 2.28. The van der Waals surface area contributed by atoms with E-state index in [1.165, 1.54) is 0 Å². The van der Waals surface area contributed by atoms with Crippen LogP contribution in [0.4, 0.5) is 0 Å². The molecule has 0 aromatic heterocycles. The number of hydrogen-bond donors (Lipinski definition) is 0. The first-order valence-electron chi connectivity index (χ1n) is 5.24. The fourth-order valence-electron chi connectivity index (χ4n) is 1.31. The Balaban J connectivity index is 1.62. The Hall–Kier alpha value is -1.06. The molecule has 0 radical (unpaired) electrons. The smallest absolute Gasteiger partial charge is 0.122 e. The number of benzene rings is 1. The van der Waals surface area contributed by atoms with Crippen molar-refractivity contribution in [3.63, 3.8) is 0 Å². The molecule has 15 heavy (non-hydrogen) atoms. The maximum absolute atomic E-state index is 5.57. The Morgan fingerprint density at radius 2 is 2.13 bits per heavy atom. The van der Waals surface area contributed by atoms with Gasteiger partial charge in [0.25, 0.3) is 0 Å². The zero-order valence-electron chi connectivity index (χ0n) is 8.94. The highest BCUT2D eigenvalue weighted by Crippen LogP contribution is 2.15. The summed E-state index contributed by atoms with van der Waals surface area (Å²) < 4.78 is 16.0. The van der Waals surface area contributed by atoms with E-state index < -0.39 is 0 Å². The first-order chi connectivity index (χ1) is 7.36. The number of ether oxygens (including phenoxy) is 3. The molecule has 0 spiro atoms. The largest absolute Gasteiger partial charge is 0.491 e. The molecule has 1 saturated heterocycles. The minimum Gasteiger partial charge on any atom is -0.491 e. The zero-order chi connectivity index (χ0) is 10.5. The molecular weight excluding hydrogens is 192 g/mol. The molecule has 1 aromatic carbocycles. The second-order valence-electron chi connectivity index (χ2n) is 3.64. The molecule has 0 saturated carbocycles. The van der Waals surface area contributed by atoms with Crippen LogP contribution in [-0.4, -0.2) is 32.5 Å². The lowest BCUT2D eigenvalue weighted by molar-refractivity contribution is 0.0876. The lowest BCUT2D eigenvalue weighted by atomic mass is 10.2. The first kappa shape index (κ1) is 10.5. The van der Waals surface area contributed by atoms with Crippen LogP contribution >= 0.6 is 0 Å². The predicted octanol–water partition coefficient (Wildman–Crippen LogP) is 1.79. The van der Waals surface area contributed by atoms with Crippen molar-refractivity contribution in [3.05, 3.63) is 29.8 Å². The topological polar surface area (TPSA) is 31.0 Å². The normalized spacial score (nSPS) is 18.9. The van der Waals surface area contributed by atoms with Gasteiger partial charge >= 0.3 is 0 Å². The van der Waals surface area contributed by atoms with Crippen LogP contribution in [0.5, 0.6) is 5.75 Å². The van der Waals surface area contributed by atoms with Crippen LogP contribution in [0.2, 0.25) is 0 Å². The van der Waals surface area contributed by atoms with Crippen LogP contribution in [-0.2, 0) is 9.47 Å². The van der Waals surface area contributed by atoms with Crippen molar-refractivity contribution in [1.82, 2.24) is 0 Å². The molecule has 0 N–H and O–H groups in total. The molecule has 82 valence electrons. The molecular formula is C12H16O3. The SMILES string of the molecule is Cc1ccccc1OCCOCC1CO1. The van der Waals surface area contributed by atoms with Gasteiger partial charge < -0.3 is 14.2 Å². The van der Waals surface area contributed by atoms with Gasteiger partial charge in [-0.25, -0.2) is 0 Å². The minimum absolute atomic E-state index is 0.337. The summed E-state index contributed by atoms with van der Waals surface area (Å²) in [5.74, 6) is 0.934. The molecule has 0 bridgehead atoms. The molecule has 1 fully saturated rings. The van der Waals surface area contributed by atoms with Gasteiger partial charge in [0.15, 0.2) is 0 Å². The van der Waals surface area contributed by atoms with Crippen LogP contribution < -0.4 is 4.74 Å². The Kier molecular flexibility index (Phi) is 3.59. The predicted molar refractivity (Wildman–Crippen MR) is 57.2 cm³/mol. The Bertz CT molecular complexity index is 307. The van der Waals surface area contributed by atoms with E-state index in [4.69, 9.17) is 14.2 Å². The quantitative estimate of drug-likeness (QED) is 0.527. The Labute approximate surface area is 90.0 Å². The van der Waals surface area contributed by atoms with E-state index in [0.717, 1.165) is 17.9 Å². The number of aryl methyl sites for hydroxylation is 1. The van der Waals surface area contributed by atoms with Crippen molar-refractivity contribution in [2.45, 2.75) is 13.0 Å². The van der Waals surface area contributed by atoms with Crippen molar-refractivity contribution in [3.8, 4) is 5.75 Å². The molecule has 0 aliphatic carbocycles. The fourth-order valence-corrected chi connectivity index (χ4v) is 1.31. The van der Waals surface area contributed by atoms with Crippen LogP contribution in [0, 0.1) is 6.92 Å². The van der Waals surface area contributed by atoms with Gasteiger partial charge in [-0.1, -0.05) is 18.2 Å². The second-order valence-corrected chi connectivity index (χ2v) is 3.64. The minimum atomic E-state index is 0.337. The van der Waals surface area contributed by atoms with E-state index in [2.05, 4.69) is 0 Å². The molecule has 2 rings (SSSR count). The second kappa shape index (κ2) is 5.14. The summed E-state index contributed by atoms with van der Waals surface area (Å²) >= 11 is 0. The van der Waals surface area contributed by atoms with Crippen LogP contribution in [0.25, 0.3) is 0 Å². The Morgan fingerprint density at radius 3 is 2.87 bits per heavy atom. The van der Waals surface area contributed by atoms with Gasteiger partial charge in [-0.2, -0.15) is 0 Å². The average Bonchev–Trinajstić information content (AvgIpc) is 3.04. The van der Waals surface area contributed by atoms with Gasteiger partial charge in [0, 0.05) is 0 Å². The third-order valence-electron chi connectivity index (χ3n) is 2.28. The zero-order valence-corrected chi connectivity index (χ0v) is 8.94. The van der Waals surface area contributed by atoms with Gasteiger partial charge in [0.2, 0.25) is 0 Å². The van der Waals surface area contributed by atoms with E-state index in [1.54, 1.807) is 0 Å². The van der Waals surface area contributed by atoms with E-state index in [1.807, 2.05) is 31.2 Å². The third kappa shape index (κ3) is 3.53. The Morgan fingerprint density at radius 1 is 1.33 bits per heavy atom. The van der Waals surface area contributed by atoms with Gasteiger partial charge in [0.1, 0.15) is 18.5 Å². The highest BCUT2D eigenvalue weighted by atomic mass is 16.6. The molecule has 1 aromatic rings. The summed E-state index contributed by atoms with van der Waals surface area (Å²) in [7, 11) is 0. The van der Waals surface area contributed by atoms with E-state index in [9.17, 15) is 0 Å². The van der Waals surface area contributed by atoms with E-state index in [0.29, 0.717) is 25.9 Å². The molecule has 1 heterocycles. The van der Waals surface area contributed by atoms with Crippen LogP contribution in [0.15, 0.2) is 24.3 Å². The number of para-hydroxylation sites is 1. The highest BCUT2D eigenvalue weighted by Gasteiger charge is 2.21. The summed E-state index contributed by atoms with van der Waals surface area (Å²) in [5.41, 5.74) is 1.16. The molecule has 1 atom stereocenters. The molecule has 3 heteroatoms. The lowest BCUT2D eigenvalue weighted by Crippen LogP contribution is -2.10. The van der Waals surface area contributed by atoms with E-state index >= 15 is 0 Å². The highest BCUT2D eigenvalue weighted by molar-refractivity contribution is 5.31. The standard InChI is InChI=1S/C12H16O3/c1-10-4-2-3-5-12(10)14-7-6-13-8-11-9-15-11/h2-5,11H,6-9H2,1H3. The van der Waals surface area contributed by atoms with Crippen molar-refractivity contribution < 1.29 is 14.2 Å². The molecule has 1 aliphatic rings. The van der Waals surface area contributed by atoms with E-state index in [-0.39, 0.29) is 0 Å².